The summed E-state index contributed by atoms with van der Waals surface area (Å²) in [5, 5.41) is 5.61. The lowest BCUT2D eigenvalue weighted by Crippen LogP contribution is -2.50. The quantitative estimate of drug-likeness (QED) is 0.509. The number of amides is 2. The highest BCUT2D eigenvalue weighted by Crippen LogP contribution is 2.22. The molecule has 3 aromatic rings. The lowest BCUT2D eigenvalue weighted by atomic mass is 9.90. The van der Waals surface area contributed by atoms with Gasteiger partial charge in [-0.25, -0.2) is 4.79 Å². The summed E-state index contributed by atoms with van der Waals surface area (Å²) in [6.07, 6.45) is 0. The van der Waals surface area contributed by atoms with Gasteiger partial charge in [0.25, 0.3) is 5.91 Å². The average Bonchev–Trinajstić information content (AvgIpc) is 2.84. The van der Waals surface area contributed by atoms with Crippen molar-refractivity contribution >= 4 is 17.8 Å². The lowest BCUT2D eigenvalue weighted by Gasteiger charge is -2.26. The van der Waals surface area contributed by atoms with Crippen LogP contribution in [-0.2, 0) is 20.9 Å². The first-order chi connectivity index (χ1) is 15.6. The molecule has 0 bridgehead atoms. The van der Waals surface area contributed by atoms with Gasteiger partial charge < -0.3 is 15.4 Å². The van der Waals surface area contributed by atoms with Crippen LogP contribution in [0.5, 0.6) is 0 Å². The molecule has 2 atom stereocenters. The zero-order valence-electron chi connectivity index (χ0n) is 17.9. The molecule has 3 aromatic carbocycles. The second kappa shape index (κ2) is 11.5. The minimum atomic E-state index is -1.19. The number of hydrogen-bond acceptors (Lipinski definition) is 4. The summed E-state index contributed by atoms with van der Waals surface area (Å²) in [5.74, 6) is -2.47. The molecule has 6 heteroatoms. The molecule has 0 aliphatic carbocycles. The molecule has 32 heavy (non-hydrogen) atoms. The van der Waals surface area contributed by atoms with Gasteiger partial charge in [-0.15, -0.1) is 0 Å². The van der Waals surface area contributed by atoms with Crippen LogP contribution in [0.1, 0.15) is 34.3 Å². The highest BCUT2D eigenvalue weighted by molar-refractivity contribution is 5.99. The second-order valence-electron chi connectivity index (χ2n) is 7.16. The molecule has 0 unspecified atom stereocenters. The molecule has 0 spiro atoms. The predicted octanol–water partition coefficient (Wildman–Crippen LogP) is 3.45. The largest absolute Gasteiger partial charge is 0.464 e. The normalized spacial score (nSPS) is 12.3. The average molecular weight is 431 g/mol. The van der Waals surface area contributed by atoms with E-state index in [1.54, 1.807) is 61.5 Å². The van der Waals surface area contributed by atoms with Gasteiger partial charge >= 0.3 is 5.97 Å². The zero-order chi connectivity index (χ0) is 22.8. The Balaban J connectivity index is 1.90. The fraction of sp³-hybridized carbons (Fsp3) is 0.192. The van der Waals surface area contributed by atoms with Crippen LogP contribution in [0.2, 0.25) is 0 Å². The van der Waals surface area contributed by atoms with Crippen LogP contribution < -0.4 is 10.6 Å². The zero-order valence-corrected chi connectivity index (χ0v) is 17.9. The van der Waals surface area contributed by atoms with Crippen molar-refractivity contribution in [2.45, 2.75) is 25.4 Å². The van der Waals surface area contributed by atoms with Crippen LogP contribution in [0.25, 0.3) is 0 Å². The van der Waals surface area contributed by atoms with Gasteiger partial charge in [0, 0.05) is 12.1 Å². The highest BCUT2D eigenvalue weighted by Gasteiger charge is 2.37. The summed E-state index contributed by atoms with van der Waals surface area (Å²) >= 11 is 0. The molecule has 0 radical (unpaired) electrons. The maximum Gasteiger partial charge on any atom is 0.329 e. The van der Waals surface area contributed by atoms with E-state index in [-0.39, 0.29) is 12.5 Å². The van der Waals surface area contributed by atoms with Gasteiger partial charge in [0.15, 0.2) is 0 Å². The molecule has 164 valence electrons. The molecule has 0 saturated heterocycles. The fourth-order valence-electron chi connectivity index (χ4n) is 3.38. The maximum absolute atomic E-state index is 13.3. The molecule has 0 heterocycles. The number of hydrogen-bond donors (Lipinski definition) is 2. The number of esters is 1. The number of benzene rings is 3. The van der Waals surface area contributed by atoms with E-state index in [4.69, 9.17) is 4.74 Å². The monoisotopic (exact) mass is 430 g/mol. The van der Waals surface area contributed by atoms with E-state index in [0.717, 1.165) is 5.56 Å². The molecule has 0 aliphatic heterocycles. The topological polar surface area (TPSA) is 84.5 Å². The number of carbonyl (C=O) groups is 3. The smallest absolute Gasteiger partial charge is 0.329 e. The lowest BCUT2D eigenvalue weighted by molar-refractivity contribution is -0.147. The van der Waals surface area contributed by atoms with Crippen LogP contribution in [0.3, 0.4) is 0 Å². The Morgan fingerprint density at radius 3 is 1.97 bits per heavy atom. The van der Waals surface area contributed by atoms with Gasteiger partial charge in [0.05, 0.1) is 12.5 Å². The van der Waals surface area contributed by atoms with E-state index in [9.17, 15) is 14.4 Å². The Labute approximate surface area is 187 Å². The summed E-state index contributed by atoms with van der Waals surface area (Å²) in [7, 11) is 0. The van der Waals surface area contributed by atoms with Gasteiger partial charge in [-0.05, 0) is 30.2 Å². The van der Waals surface area contributed by atoms with Crippen LogP contribution >= 0.6 is 0 Å². The first kappa shape index (κ1) is 22.7. The van der Waals surface area contributed by atoms with E-state index in [2.05, 4.69) is 10.6 Å². The summed E-state index contributed by atoms with van der Waals surface area (Å²) < 4.78 is 5.22. The van der Waals surface area contributed by atoms with Crippen molar-refractivity contribution in [3.63, 3.8) is 0 Å². The van der Waals surface area contributed by atoms with Crippen molar-refractivity contribution < 1.29 is 19.1 Å². The third kappa shape index (κ3) is 6.04. The van der Waals surface area contributed by atoms with Crippen molar-refractivity contribution in [3.05, 3.63) is 108 Å². The van der Waals surface area contributed by atoms with Crippen molar-refractivity contribution in [1.29, 1.82) is 0 Å². The molecular weight excluding hydrogens is 404 g/mol. The SMILES string of the molecule is CCOC(=O)[C@H](NC(=O)c1ccccc1)[C@H](C(=O)NCc1ccccc1)c1ccccc1. The summed E-state index contributed by atoms with van der Waals surface area (Å²) in [5.41, 5.74) is 1.91. The van der Waals surface area contributed by atoms with E-state index in [0.29, 0.717) is 17.7 Å². The van der Waals surface area contributed by atoms with E-state index < -0.39 is 23.8 Å². The highest BCUT2D eigenvalue weighted by atomic mass is 16.5. The molecule has 0 aliphatic rings. The van der Waals surface area contributed by atoms with E-state index in [1.165, 1.54) is 0 Å². The third-order valence-corrected chi connectivity index (χ3v) is 4.95. The van der Waals surface area contributed by atoms with E-state index >= 15 is 0 Å². The Kier molecular flexibility index (Phi) is 8.15. The molecule has 3 rings (SSSR count). The summed E-state index contributed by atoms with van der Waals surface area (Å²) in [6.45, 7) is 2.11. The number of ether oxygens (including phenoxy) is 1. The van der Waals surface area contributed by atoms with Crippen LogP contribution in [0.15, 0.2) is 91.0 Å². The van der Waals surface area contributed by atoms with Crippen molar-refractivity contribution in [2.75, 3.05) is 6.61 Å². The molecule has 2 amide bonds. The summed E-state index contributed by atoms with van der Waals surface area (Å²) in [6, 6.07) is 25.7. The van der Waals surface area contributed by atoms with Gasteiger partial charge in [-0.1, -0.05) is 78.9 Å². The number of carbonyl (C=O) groups excluding carboxylic acids is 3. The molecule has 2 N–H and O–H groups in total. The first-order valence-electron chi connectivity index (χ1n) is 10.5. The van der Waals surface area contributed by atoms with Crippen LogP contribution in [0, 0.1) is 0 Å². The third-order valence-electron chi connectivity index (χ3n) is 4.95. The number of rotatable bonds is 9. The molecular formula is C26H26N2O4. The molecule has 0 aromatic heterocycles. The Bertz CT molecular complexity index is 1020. The van der Waals surface area contributed by atoms with Crippen molar-refractivity contribution in [2.24, 2.45) is 0 Å². The van der Waals surface area contributed by atoms with E-state index in [1.807, 2.05) is 36.4 Å². The Morgan fingerprint density at radius 2 is 1.38 bits per heavy atom. The fourth-order valence-corrected chi connectivity index (χ4v) is 3.38. The molecule has 0 saturated carbocycles. The minimum Gasteiger partial charge on any atom is -0.464 e. The molecule has 6 nitrogen and oxygen atoms in total. The standard InChI is InChI=1S/C26H26N2O4/c1-2-32-26(31)23(28-24(29)21-16-10-5-11-17-21)22(20-14-8-4-9-15-20)25(30)27-18-19-12-6-3-7-13-19/h3-17,22-23H,2,18H2,1H3,(H,27,30)(H,28,29)/t22-,23-/m1/s1. The van der Waals surface area contributed by atoms with Crippen LogP contribution in [-0.4, -0.2) is 30.4 Å². The summed E-state index contributed by atoms with van der Waals surface area (Å²) in [4.78, 5) is 39.1. The van der Waals surface area contributed by atoms with Gasteiger partial charge in [0.2, 0.25) is 5.91 Å². The Morgan fingerprint density at radius 1 is 0.812 bits per heavy atom. The van der Waals surface area contributed by atoms with Crippen molar-refractivity contribution in [3.8, 4) is 0 Å². The minimum absolute atomic E-state index is 0.129. The Hall–Kier alpha value is -3.93. The van der Waals surface area contributed by atoms with Crippen molar-refractivity contribution in [1.82, 2.24) is 10.6 Å². The molecule has 0 fully saturated rings. The maximum atomic E-state index is 13.3. The van der Waals surface area contributed by atoms with Gasteiger partial charge in [0.1, 0.15) is 6.04 Å². The predicted molar refractivity (Wildman–Crippen MR) is 122 cm³/mol. The number of nitrogens with one attached hydrogen (secondary N) is 2. The van der Waals surface area contributed by atoms with Gasteiger partial charge in [-0.3, -0.25) is 9.59 Å². The van der Waals surface area contributed by atoms with Gasteiger partial charge in [-0.2, -0.15) is 0 Å². The first-order valence-corrected chi connectivity index (χ1v) is 10.5. The van der Waals surface area contributed by atoms with Crippen LogP contribution in [0.4, 0.5) is 0 Å². The second-order valence-corrected chi connectivity index (χ2v) is 7.16.